The van der Waals surface area contributed by atoms with Crippen LogP contribution in [0.5, 0.6) is 5.75 Å². The number of aliphatic carboxylic acids is 1. The van der Waals surface area contributed by atoms with E-state index in [0.29, 0.717) is 12.0 Å². The standard InChI is InChI=1S/C15H17F2NO5/c1-8(9-3-2-4-10(7-9)22-15(16)17)18-13(19)11-5-6-12(23-11)14(20)21/h2-4,7-8,11-12,15H,5-6H2,1H3,(H,18,19)(H,20,21)/t8?,11-,12+/m0/s1. The fraction of sp³-hybridized carbons (Fsp3) is 0.467. The van der Waals surface area contributed by atoms with Gasteiger partial charge in [0.1, 0.15) is 11.9 Å². The maximum absolute atomic E-state index is 12.2. The van der Waals surface area contributed by atoms with Crippen molar-refractivity contribution in [3.63, 3.8) is 0 Å². The highest BCUT2D eigenvalue weighted by Crippen LogP contribution is 2.23. The summed E-state index contributed by atoms with van der Waals surface area (Å²) in [6.07, 6.45) is -1.19. The zero-order valence-electron chi connectivity index (χ0n) is 12.4. The molecule has 0 aliphatic carbocycles. The van der Waals surface area contributed by atoms with Crippen molar-refractivity contribution in [2.75, 3.05) is 0 Å². The Kier molecular flexibility index (Phi) is 5.49. The fourth-order valence-corrected chi connectivity index (χ4v) is 2.36. The molecule has 1 aliphatic heterocycles. The molecule has 8 heteroatoms. The molecule has 1 aromatic carbocycles. The number of carboxylic acids is 1. The van der Waals surface area contributed by atoms with Crippen LogP contribution in [0.25, 0.3) is 0 Å². The lowest BCUT2D eigenvalue weighted by Gasteiger charge is -2.18. The second-order valence-electron chi connectivity index (χ2n) is 5.21. The van der Waals surface area contributed by atoms with Gasteiger partial charge in [0.2, 0.25) is 5.91 Å². The number of carbonyl (C=O) groups excluding carboxylic acids is 1. The summed E-state index contributed by atoms with van der Waals surface area (Å²) in [7, 11) is 0. The van der Waals surface area contributed by atoms with Crippen molar-refractivity contribution in [2.45, 2.75) is 44.6 Å². The van der Waals surface area contributed by atoms with Gasteiger partial charge < -0.3 is 19.9 Å². The zero-order chi connectivity index (χ0) is 17.0. The van der Waals surface area contributed by atoms with Gasteiger partial charge in [-0.1, -0.05) is 12.1 Å². The topological polar surface area (TPSA) is 84.9 Å². The Morgan fingerprint density at radius 3 is 2.65 bits per heavy atom. The Labute approximate surface area is 131 Å². The van der Waals surface area contributed by atoms with Crippen LogP contribution < -0.4 is 10.1 Å². The van der Waals surface area contributed by atoms with E-state index in [2.05, 4.69) is 10.1 Å². The lowest BCUT2D eigenvalue weighted by molar-refractivity contribution is -0.151. The molecule has 1 saturated heterocycles. The first-order chi connectivity index (χ1) is 10.9. The van der Waals surface area contributed by atoms with Crippen molar-refractivity contribution >= 4 is 11.9 Å². The lowest BCUT2D eigenvalue weighted by atomic mass is 10.1. The number of amides is 1. The summed E-state index contributed by atoms with van der Waals surface area (Å²) in [5.74, 6) is -1.52. The zero-order valence-corrected chi connectivity index (χ0v) is 12.4. The van der Waals surface area contributed by atoms with Crippen molar-refractivity contribution in [3.05, 3.63) is 29.8 Å². The normalized spacial score (nSPS) is 21.9. The van der Waals surface area contributed by atoms with Gasteiger partial charge in [0.05, 0.1) is 6.04 Å². The van der Waals surface area contributed by atoms with Crippen LogP contribution in [0.1, 0.15) is 31.4 Å². The third-order valence-electron chi connectivity index (χ3n) is 3.53. The van der Waals surface area contributed by atoms with Crippen molar-refractivity contribution in [2.24, 2.45) is 0 Å². The van der Waals surface area contributed by atoms with Crippen molar-refractivity contribution in [1.82, 2.24) is 5.32 Å². The molecule has 0 radical (unpaired) electrons. The second-order valence-corrected chi connectivity index (χ2v) is 5.21. The molecule has 1 unspecified atom stereocenters. The van der Waals surface area contributed by atoms with Gasteiger partial charge in [-0.15, -0.1) is 0 Å². The number of carboxylic acid groups (broad SMARTS) is 1. The Hall–Kier alpha value is -2.22. The van der Waals surface area contributed by atoms with E-state index in [4.69, 9.17) is 9.84 Å². The largest absolute Gasteiger partial charge is 0.479 e. The van der Waals surface area contributed by atoms with Gasteiger partial charge in [-0.05, 0) is 37.5 Å². The summed E-state index contributed by atoms with van der Waals surface area (Å²) in [5.41, 5.74) is 0.587. The molecular formula is C15H17F2NO5. The molecule has 1 fully saturated rings. The molecule has 0 spiro atoms. The Morgan fingerprint density at radius 2 is 2.04 bits per heavy atom. The number of halogens is 2. The minimum absolute atomic E-state index is 0.00153. The summed E-state index contributed by atoms with van der Waals surface area (Å²) >= 11 is 0. The number of alkyl halides is 2. The average molecular weight is 329 g/mol. The lowest BCUT2D eigenvalue weighted by Crippen LogP contribution is -2.37. The molecule has 0 saturated carbocycles. The number of carbonyl (C=O) groups is 2. The molecule has 0 bridgehead atoms. The average Bonchev–Trinajstić information content (AvgIpc) is 2.97. The molecule has 1 aliphatic rings. The van der Waals surface area contributed by atoms with Crippen LogP contribution in [0, 0.1) is 0 Å². The van der Waals surface area contributed by atoms with Gasteiger partial charge in [0.25, 0.3) is 0 Å². The van der Waals surface area contributed by atoms with Crippen LogP contribution in [0.15, 0.2) is 24.3 Å². The van der Waals surface area contributed by atoms with Gasteiger partial charge in [-0.25, -0.2) is 4.79 Å². The van der Waals surface area contributed by atoms with Crippen molar-refractivity contribution < 1.29 is 33.0 Å². The molecule has 2 rings (SSSR count). The minimum atomic E-state index is -2.92. The number of benzene rings is 1. The van der Waals surface area contributed by atoms with Crippen LogP contribution in [0.3, 0.4) is 0 Å². The van der Waals surface area contributed by atoms with Gasteiger partial charge in [0, 0.05) is 0 Å². The Morgan fingerprint density at radius 1 is 1.35 bits per heavy atom. The summed E-state index contributed by atoms with van der Waals surface area (Å²) in [6, 6.07) is 5.55. The van der Waals surface area contributed by atoms with E-state index in [1.807, 2.05) is 0 Å². The molecule has 2 N–H and O–H groups in total. The molecule has 126 valence electrons. The summed E-state index contributed by atoms with van der Waals surface area (Å²) < 4.78 is 33.9. The minimum Gasteiger partial charge on any atom is -0.479 e. The summed E-state index contributed by atoms with van der Waals surface area (Å²) in [4.78, 5) is 22.9. The summed E-state index contributed by atoms with van der Waals surface area (Å²) in [6.45, 7) is -1.24. The quantitative estimate of drug-likeness (QED) is 0.835. The number of nitrogens with one attached hydrogen (secondary N) is 1. The maximum Gasteiger partial charge on any atom is 0.387 e. The van der Waals surface area contributed by atoms with E-state index in [1.54, 1.807) is 19.1 Å². The Balaban J connectivity index is 1.95. The Bertz CT molecular complexity index is 581. The van der Waals surface area contributed by atoms with E-state index in [9.17, 15) is 18.4 Å². The second kappa shape index (κ2) is 7.36. The monoisotopic (exact) mass is 329 g/mol. The maximum atomic E-state index is 12.2. The van der Waals surface area contributed by atoms with E-state index < -0.39 is 36.7 Å². The molecule has 6 nitrogen and oxygen atoms in total. The highest BCUT2D eigenvalue weighted by Gasteiger charge is 2.35. The fourth-order valence-electron chi connectivity index (χ4n) is 2.36. The third kappa shape index (κ3) is 4.62. The highest BCUT2D eigenvalue weighted by molar-refractivity contribution is 5.83. The molecule has 3 atom stereocenters. The van der Waals surface area contributed by atoms with Crippen LogP contribution in [-0.4, -0.2) is 35.8 Å². The van der Waals surface area contributed by atoms with Gasteiger partial charge >= 0.3 is 12.6 Å². The smallest absolute Gasteiger partial charge is 0.387 e. The first-order valence-corrected chi connectivity index (χ1v) is 7.10. The van der Waals surface area contributed by atoms with Crippen molar-refractivity contribution in [3.8, 4) is 5.75 Å². The summed E-state index contributed by atoms with van der Waals surface area (Å²) in [5, 5.41) is 11.5. The first kappa shape index (κ1) is 17.1. The predicted octanol–water partition coefficient (Wildman–Crippen LogP) is 2.10. The molecule has 1 aromatic rings. The molecule has 23 heavy (non-hydrogen) atoms. The van der Waals surface area contributed by atoms with Gasteiger partial charge in [-0.2, -0.15) is 8.78 Å². The van der Waals surface area contributed by atoms with Crippen molar-refractivity contribution in [1.29, 1.82) is 0 Å². The van der Waals surface area contributed by atoms with Crippen LogP contribution in [-0.2, 0) is 14.3 Å². The molecule has 1 amide bonds. The highest BCUT2D eigenvalue weighted by atomic mass is 19.3. The van der Waals surface area contributed by atoms with E-state index >= 15 is 0 Å². The molecule has 0 aromatic heterocycles. The number of rotatable bonds is 6. The SMILES string of the molecule is CC(NC(=O)[C@@H]1CC[C@H](C(=O)O)O1)c1cccc(OC(F)F)c1. The van der Waals surface area contributed by atoms with E-state index in [1.165, 1.54) is 12.1 Å². The number of hydrogen-bond donors (Lipinski definition) is 2. The third-order valence-corrected chi connectivity index (χ3v) is 3.53. The van der Waals surface area contributed by atoms with E-state index in [-0.39, 0.29) is 12.2 Å². The van der Waals surface area contributed by atoms with Crippen LogP contribution >= 0.6 is 0 Å². The number of hydrogen-bond acceptors (Lipinski definition) is 4. The van der Waals surface area contributed by atoms with Gasteiger partial charge in [0.15, 0.2) is 6.10 Å². The van der Waals surface area contributed by atoms with Crippen LogP contribution in [0.4, 0.5) is 8.78 Å². The van der Waals surface area contributed by atoms with E-state index in [0.717, 1.165) is 0 Å². The molecule has 1 heterocycles. The predicted molar refractivity (Wildman–Crippen MR) is 75.2 cm³/mol. The first-order valence-electron chi connectivity index (χ1n) is 7.10. The number of ether oxygens (including phenoxy) is 2. The van der Waals surface area contributed by atoms with Crippen LogP contribution in [0.2, 0.25) is 0 Å². The van der Waals surface area contributed by atoms with Gasteiger partial charge in [-0.3, -0.25) is 4.79 Å². The molecular weight excluding hydrogens is 312 g/mol.